The normalized spacial score (nSPS) is 15.4. The van der Waals surface area contributed by atoms with Crippen molar-refractivity contribution < 1.29 is 14.3 Å². The smallest absolute Gasteiger partial charge is 0.257 e. The van der Waals surface area contributed by atoms with Crippen molar-refractivity contribution in [1.29, 1.82) is 0 Å². The van der Waals surface area contributed by atoms with Crippen LogP contribution in [0.2, 0.25) is 0 Å². The molecule has 1 saturated carbocycles. The van der Waals surface area contributed by atoms with E-state index in [-0.39, 0.29) is 18.1 Å². The summed E-state index contributed by atoms with van der Waals surface area (Å²) in [5.74, 6) is 0.200. The summed E-state index contributed by atoms with van der Waals surface area (Å²) in [7, 11) is 0. The van der Waals surface area contributed by atoms with Crippen molar-refractivity contribution in [3.05, 3.63) is 29.8 Å². The lowest BCUT2D eigenvalue weighted by Crippen LogP contribution is -2.34. The molecule has 1 aromatic carbocycles. The van der Waals surface area contributed by atoms with Gasteiger partial charge in [-0.2, -0.15) is 0 Å². The Morgan fingerprint density at radius 2 is 1.90 bits per heavy atom. The van der Waals surface area contributed by atoms with Gasteiger partial charge in [0.15, 0.2) is 6.61 Å². The third-order valence-electron chi connectivity index (χ3n) is 3.82. The Morgan fingerprint density at radius 3 is 2.62 bits per heavy atom. The van der Waals surface area contributed by atoms with Gasteiger partial charge >= 0.3 is 0 Å². The second kappa shape index (κ2) is 7.67. The summed E-state index contributed by atoms with van der Waals surface area (Å²) in [5, 5.41) is 2.89. The number of benzene rings is 1. The number of primary amides is 1. The van der Waals surface area contributed by atoms with Crippen molar-refractivity contribution in [3.63, 3.8) is 0 Å². The second-order valence-electron chi connectivity index (χ2n) is 5.46. The number of hydrogen-bond acceptors (Lipinski definition) is 3. The number of nitrogens with two attached hydrogens (primary N) is 1. The van der Waals surface area contributed by atoms with Crippen LogP contribution in [0.15, 0.2) is 24.3 Å². The average molecular weight is 290 g/mol. The van der Waals surface area contributed by atoms with Crippen molar-refractivity contribution >= 4 is 11.8 Å². The summed E-state index contributed by atoms with van der Waals surface area (Å²) >= 11 is 0. The largest absolute Gasteiger partial charge is 0.483 e. The van der Waals surface area contributed by atoms with Crippen LogP contribution in [0.1, 0.15) is 42.5 Å². The first kappa shape index (κ1) is 15.4. The molecule has 1 fully saturated rings. The molecular weight excluding hydrogens is 268 g/mol. The van der Waals surface area contributed by atoms with Crippen LogP contribution >= 0.6 is 0 Å². The number of hydrogen-bond donors (Lipinski definition) is 2. The first-order chi connectivity index (χ1) is 10.2. The van der Waals surface area contributed by atoms with E-state index in [1.165, 1.54) is 32.1 Å². The number of carbonyl (C=O) groups excluding carboxylic acids is 2. The van der Waals surface area contributed by atoms with Gasteiger partial charge in [0.25, 0.3) is 11.8 Å². The highest BCUT2D eigenvalue weighted by Crippen LogP contribution is 2.22. The van der Waals surface area contributed by atoms with Crippen LogP contribution in [-0.4, -0.2) is 25.0 Å². The molecule has 3 N–H and O–H groups in total. The van der Waals surface area contributed by atoms with Crippen LogP contribution < -0.4 is 15.8 Å². The van der Waals surface area contributed by atoms with E-state index in [1.807, 2.05) is 0 Å². The Kier molecular flexibility index (Phi) is 5.60. The van der Waals surface area contributed by atoms with E-state index in [0.717, 1.165) is 0 Å². The molecule has 21 heavy (non-hydrogen) atoms. The maximum atomic E-state index is 11.8. The molecule has 1 aliphatic rings. The Labute approximate surface area is 124 Å². The zero-order valence-corrected chi connectivity index (χ0v) is 12.1. The van der Waals surface area contributed by atoms with E-state index < -0.39 is 5.91 Å². The highest BCUT2D eigenvalue weighted by Gasteiger charge is 2.15. The number of amides is 2. The van der Waals surface area contributed by atoms with Gasteiger partial charge in [0.2, 0.25) is 0 Å². The summed E-state index contributed by atoms with van der Waals surface area (Å²) in [4.78, 5) is 23.0. The molecule has 2 rings (SSSR count). The van der Waals surface area contributed by atoms with Gasteiger partial charge in [0.1, 0.15) is 5.75 Å². The lowest BCUT2D eigenvalue weighted by molar-refractivity contribution is -0.123. The topological polar surface area (TPSA) is 81.4 Å². The molecule has 0 aromatic heterocycles. The lowest BCUT2D eigenvalue weighted by atomic mass is 9.89. The van der Waals surface area contributed by atoms with Crippen LogP contribution in [0.25, 0.3) is 0 Å². The van der Waals surface area contributed by atoms with Gasteiger partial charge < -0.3 is 15.8 Å². The van der Waals surface area contributed by atoms with Gasteiger partial charge in [-0.15, -0.1) is 0 Å². The molecular formula is C16H22N2O3. The Morgan fingerprint density at radius 1 is 1.19 bits per heavy atom. The molecule has 2 amide bonds. The maximum Gasteiger partial charge on any atom is 0.257 e. The molecule has 0 bridgehead atoms. The second-order valence-corrected chi connectivity index (χ2v) is 5.46. The molecule has 5 heteroatoms. The van der Waals surface area contributed by atoms with Crippen molar-refractivity contribution in [1.82, 2.24) is 5.32 Å². The highest BCUT2D eigenvalue weighted by atomic mass is 16.5. The maximum absolute atomic E-state index is 11.8. The number of ether oxygens (including phenoxy) is 1. The van der Waals surface area contributed by atoms with Gasteiger partial charge in [-0.25, -0.2) is 0 Å². The van der Waals surface area contributed by atoms with E-state index in [0.29, 0.717) is 18.2 Å². The summed E-state index contributed by atoms with van der Waals surface area (Å²) in [6, 6.07) is 6.66. The molecule has 0 aliphatic heterocycles. The summed E-state index contributed by atoms with van der Waals surface area (Å²) in [6.45, 7) is 0.608. The van der Waals surface area contributed by atoms with Crippen molar-refractivity contribution in [2.75, 3.05) is 13.2 Å². The van der Waals surface area contributed by atoms with Gasteiger partial charge in [-0.1, -0.05) is 31.4 Å². The highest BCUT2D eigenvalue weighted by molar-refractivity contribution is 5.95. The van der Waals surface area contributed by atoms with E-state index in [1.54, 1.807) is 24.3 Å². The first-order valence-electron chi connectivity index (χ1n) is 7.45. The monoisotopic (exact) mass is 290 g/mol. The van der Waals surface area contributed by atoms with Crippen LogP contribution in [-0.2, 0) is 4.79 Å². The summed E-state index contributed by atoms with van der Waals surface area (Å²) in [5.41, 5.74) is 5.55. The molecule has 0 atom stereocenters. The molecule has 1 aromatic rings. The number of nitrogens with one attached hydrogen (secondary N) is 1. The summed E-state index contributed by atoms with van der Waals surface area (Å²) in [6.07, 6.45) is 6.18. The Balaban J connectivity index is 1.77. The van der Waals surface area contributed by atoms with Crippen LogP contribution in [0.5, 0.6) is 5.75 Å². The zero-order chi connectivity index (χ0) is 15.1. The Hall–Kier alpha value is -2.04. The van der Waals surface area contributed by atoms with Gasteiger partial charge in [0.05, 0.1) is 5.56 Å². The fourth-order valence-electron chi connectivity index (χ4n) is 2.64. The fraction of sp³-hybridized carbons (Fsp3) is 0.500. The summed E-state index contributed by atoms with van der Waals surface area (Å²) < 4.78 is 5.39. The van der Waals surface area contributed by atoms with Crippen LogP contribution in [0.3, 0.4) is 0 Å². The van der Waals surface area contributed by atoms with Crippen LogP contribution in [0, 0.1) is 5.92 Å². The zero-order valence-electron chi connectivity index (χ0n) is 12.1. The van der Waals surface area contributed by atoms with Crippen molar-refractivity contribution in [2.24, 2.45) is 11.7 Å². The van der Waals surface area contributed by atoms with Gasteiger partial charge in [-0.3, -0.25) is 9.59 Å². The molecule has 5 nitrogen and oxygen atoms in total. The van der Waals surface area contributed by atoms with E-state index >= 15 is 0 Å². The standard InChI is InChI=1S/C16H22N2O3/c17-16(20)13-8-4-5-9-14(13)21-11-15(19)18-10-12-6-2-1-3-7-12/h4-5,8-9,12H,1-3,6-7,10-11H2,(H2,17,20)(H,18,19). The SMILES string of the molecule is NC(=O)c1ccccc1OCC(=O)NCC1CCCCC1. The van der Waals surface area contributed by atoms with Crippen molar-refractivity contribution in [3.8, 4) is 5.75 Å². The third-order valence-corrected chi connectivity index (χ3v) is 3.82. The molecule has 0 radical (unpaired) electrons. The number of para-hydroxylation sites is 1. The van der Waals surface area contributed by atoms with E-state index in [9.17, 15) is 9.59 Å². The predicted molar refractivity (Wildman–Crippen MR) is 80.0 cm³/mol. The third kappa shape index (κ3) is 4.77. The number of rotatable bonds is 6. The van der Waals surface area contributed by atoms with E-state index in [4.69, 9.17) is 10.5 Å². The molecule has 0 unspecified atom stereocenters. The first-order valence-corrected chi connectivity index (χ1v) is 7.45. The molecule has 1 aliphatic carbocycles. The predicted octanol–water partition coefficient (Wildman–Crippen LogP) is 1.86. The molecule has 0 heterocycles. The van der Waals surface area contributed by atoms with Crippen LogP contribution in [0.4, 0.5) is 0 Å². The number of carbonyl (C=O) groups is 2. The van der Waals surface area contributed by atoms with Crippen molar-refractivity contribution in [2.45, 2.75) is 32.1 Å². The minimum absolute atomic E-state index is 0.100. The lowest BCUT2D eigenvalue weighted by Gasteiger charge is -2.21. The molecule has 114 valence electrons. The van der Waals surface area contributed by atoms with E-state index in [2.05, 4.69) is 5.32 Å². The van der Waals surface area contributed by atoms with Gasteiger partial charge in [0, 0.05) is 6.54 Å². The quantitative estimate of drug-likeness (QED) is 0.839. The van der Waals surface area contributed by atoms with Gasteiger partial charge in [-0.05, 0) is 30.9 Å². The Bertz CT molecular complexity index is 496. The minimum atomic E-state index is -0.562. The molecule has 0 saturated heterocycles. The fourth-order valence-corrected chi connectivity index (χ4v) is 2.64. The average Bonchev–Trinajstić information content (AvgIpc) is 2.52. The minimum Gasteiger partial charge on any atom is -0.483 e. The molecule has 0 spiro atoms.